The molecule has 3 nitrogen and oxygen atoms in total. The largest absolute Gasteiger partial charge is 0.392 e. The molecule has 0 radical (unpaired) electrons. The Morgan fingerprint density at radius 1 is 0.895 bits per heavy atom. The Hall–Kier alpha value is -1.65. The summed E-state index contributed by atoms with van der Waals surface area (Å²) in [6.07, 6.45) is -0.979. The van der Waals surface area contributed by atoms with Crippen molar-refractivity contribution >= 4 is 9.84 Å². The van der Waals surface area contributed by atoms with E-state index in [1.807, 2.05) is 6.07 Å². The standard InChI is InChI=1S/C15H16O3S/c1-12(16)15(13-8-4-2-5-9-13)19(17,18)14-10-6-3-7-11-14/h2-12,15-16H,1H3/t12-,15-/m0/s1. The second-order valence-corrected chi connectivity index (χ2v) is 6.50. The van der Waals surface area contributed by atoms with Crippen LogP contribution >= 0.6 is 0 Å². The summed E-state index contributed by atoms with van der Waals surface area (Å²) in [5, 5.41) is 8.94. The number of hydrogen-bond donors (Lipinski definition) is 1. The summed E-state index contributed by atoms with van der Waals surface area (Å²) in [7, 11) is -3.60. The predicted molar refractivity (Wildman–Crippen MR) is 74.5 cm³/mol. The van der Waals surface area contributed by atoms with Crippen LogP contribution in [0, 0.1) is 0 Å². The van der Waals surface area contributed by atoms with Crippen molar-refractivity contribution in [2.24, 2.45) is 0 Å². The van der Waals surface area contributed by atoms with Gasteiger partial charge in [0.05, 0.1) is 11.0 Å². The van der Waals surface area contributed by atoms with Gasteiger partial charge in [-0.05, 0) is 24.6 Å². The lowest BCUT2D eigenvalue weighted by molar-refractivity contribution is 0.188. The highest BCUT2D eigenvalue weighted by Crippen LogP contribution is 2.31. The van der Waals surface area contributed by atoms with Gasteiger partial charge in [0.15, 0.2) is 9.84 Å². The molecule has 0 unspecified atom stereocenters. The SMILES string of the molecule is C[C@H](O)[C@@H](c1ccccc1)S(=O)(=O)c1ccccc1. The molecule has 2 aromatic carbocycles. The van der Waals surface area contributed by atoms with Crippen LogP contribution in [-0.2, 0) is 9.84 Å². The lowest BCUT2D eigenvalue weighted by Crippen LogP contribution is -2.24. The molecule has 19 heavy (non-hydrogen) atoms. The minimum Gasteiger partial charge on any atom is -0.392 e. The van der Waals surface area contributed by atoms with Gasteiger partial charge in [-0.2, -0.15) is 0 Å². The van der Waals surface area contributed by atoms with E-state index in [2.05, 4.69) is 0 Å². The molecule has 0 heterocycles. The average molecular weight is 276 g/mol. The van der Waals surface area contributed by atoms with Crippen LogP contribution in [0.2, 0.25) is 0 Å². The molecule has 0 saturated heterocycles. The molecule has 1 N–H and O–H groups in total. The zero-order valence-electron chi connectivity index (χ0n) is 10.6. The van der Waals surface area contributed by atoms with E-state index in [1.165, 1.54) is 6.92 Å². The van der Waals surface area contributed by atoms with Crippen LogP contribution in [0.3, 0.4) is 0 Å². The Morgan fingerprint density at radius 2 is 1.37 bits per heavy atom. The quantitative estimate of drug-likeness (QED) is 0.933. The van der Waals surface area contributed by atoms with Gasteiger partial charge in [-0.25, -0.2) is 8.42 Å². The lowest BCUT2D eigenvalue weighted by Gasteiger charge is -2.20. The zero-order valence-corrected chi connectivity index (χ0v) is 11.4. The summed E-state index contributed by atoms with van der Waals surface area (Å²) >= 11 is 0. The summed E-state index contributed by atoms with van der Waals surface area (Å²) in [5.41, 5.74) is 0.598. The molecular weight excluding hydrogens is 260 g/mol. The summed E-state index contributed by atoms with van der Waals surface area (Å²) in [6.45, 7) is 1.50. The van der Waals surface area contributed by atoms with Gasteiger partial charge in [-0.15, -0.1) is 0 Å². The topological polar surface area (TPSA) is 54.4 Å². The van der Waals surface area contributed by atoms with Gasteiger partial charge in [0.2, 0.25) is 0 Å². The molecule has 0 spiro atoms. The summed E-state index contributed by atoms with van der Waals surface area (Å²) in [6, 6.07) is 17.0. The van der Waals surface area contributed by atoms with Crippen LogP contribution in [0.5, 0.6) is 0 Å². The molecule has 0 amide bonds. The van der Waals surface area contributed by atoms with Crippen molar-refractivity contribution in [3.8, 4) is 0 Å². The Balaban J connectivity index is 2.52. The van der Waals surface area contributed by atoms with Gasteiger partial charge < -0.3 is 5.11 Å². The van der Waals surface area contributed by atoms with Gasteiger partial charge in [0.25, 0.3) is 0 Å². The normalized spacial score (nSPS) is 14.8. The molecule has 0 aromatic heterocycles. The van der Waals surface area contributed by atoms with E-state index in [9.17, 15) is 13.5 Å². The van der Waals surface area contributed by atoms with E-state index in [1.54, 1.807) is 54.6 Å². The number of aliphatic hydroxyl groups excluding tert-OH is 1. The Kier molecular flexibility index (Phi) is 4.02. The highest BCUT2D eigenvalue weighted by molar-refractivity contribution is 7.91. The molecule has 0 saturated carbocycles. The van der Waals surface area contributed by atoms with E-state index in [4.69, 9.17) is 0 Å². The number of aliphatic hydroxyl groups is 1. The number of rotatable bonds is 4. The van der Waals surface area contributed by atoms with Gasteiger partial charge in [0, 0.05) is 0 Å². The van der Waals surface area contributed by atoms with Crippen molar-refractivity contribution in [1.82, 2.24) is 0 Å². The maximum absolute atomic E-state index is 12.6. The fraction of sp³-hybridized carbons (Fsp3) is 0.200. The Bertz CT molecular complexity index is 619. The van der Waals surface area contributed by atoms with Crippen molar-refractivity contribution in [3.05, 3.63) is 66.2 Å². The molecule has 0 fully saturated rings. The molecule has 0 aliphatic heterocycles. The van der Waals surface area contributed by atoms with Crippen molar-refractivity contribution in [2.45, 2.75) is 23.2 Å². The van der Waals surface area contributed by atoms with Gasteiger partial charge in [-0.1, -0.05) is 48.5 Å². The first-order chi connectivity index (χ1) is 9.03. The molecule has 0 aliphatic carbocycles. The van der Waals surface area contributed by atoms with Crippen molar-refractivity contribution in [3.63, 3.8) is 0 Å². The minimum atomic E-state index is -3.60. The second-order valence-electron chi connectivity index (χ2n) is 4.43. The summed E-state index contributed by atoms with van der Waals surface area (Å²) in [4.78, 5) is 0.227. The van der Waals surface area contributed by atoms with Crippen LogP contribution in [0.25, 0.3) is 0 Å². The molecule has 4 heteroatoms. The van der Waals surface area contributed by atoms with Crippen LogP contribution in [0.4, 0.5) is 0 Å². The van der Waals surface area contributed by atoms with Crippen LogP contribution < -0.4 is 0 Å². The van der Waals surface area contributed by atoms with Crippen LogP contribution in [0.1, 0.15) is 17.7 Å². The predicted octanol–water partition coefficient (Wildman–Crippen LogP) is 2.58. The maximum atomic E-state index is 12.6. The monoisotopic (exact) mass is 276 g/mol. The van der Waals surface area contributed by atoms with E-state index in [-0.39, 0.29) is 4.90 Å². The van der Waals surface area contributed by atoms with Crippen LogP contribution in [0.15, 0.2) is 65.6 Å². The molecule has 2 aromatic rings. The zero-order chi connectivity index (χ0) is 13.9. The van der Waals surface area contributed by atoms with E-state index >= 15 is 0 Å². The fourth-order valence-electron chi connectivity index (χ4n) is 2.12. The van der Waals surface area contributed by atoms with E-state index in [0.717, 1.165) is 0 Å². The first-order valence-corrected chi connectivity index (χ1v) is 7.60. The molecule has 0 aliphatic rings. The highest BCUT2D eigenvalue weighted by Gasteiger charge is 2.32. The molecular formula is C15H16O3S. The van der Waals surface area contributed by atoms with E-state index < -0.39 is 21.2 Å². The minimum absolute atomic E-state index is 0.227. The molecule has 2 rings (SSSR count). The number of benzene rings is 2. The average Bonchev–Trinajstić information content (AvgIpc) is 2.40. The summed E-state index contributed by atoms with van der Waals surface area (Å²) < 4.78 is 25.2. The van der Waals surface area contributed by atoms with E-state index in [0.29, 0.717) is 5.56 Å². The van der Waals surface area contributed by atoms with Gasteiger partial charge >= 0.3 is 0 Å². The van der Waals surface area contributed by atoms with Crippen molar-refractivity contribution in [2.75, 3.05) is 0 Å². The third-order valence-corrected chi connectivity index (χ3v) is 5.24. The Labute approximate surface area is 113 Å². The summed E-state index contributed by atoms with van der Waals surface area (Å²) in [5.74, 6) is 0. The van der Waals surface area contributed by atoms with Gasteiger partial charge in [0.1, 0.15) is 5.25 Å². The molecule has 0 bridgehead atoms. The molecule has 2 atom stereocenters. The van der Waals surface area contributed by atoms with Crippen molar-refractivity contribution in [1.29, 1.82) is 0 Å². The Morgan fingerprint density at radius 3 is 1.84 bits per heavy atom. The van der Waals surface area contributed by atoms with Gasteiger partial charge in [-0.3, -0.25) is 0 Å². The highest BCUT2D eigenvalue weighted by atomic mass is 32.2. The maximum Gasteiger partial charge on any atom is 0.187 e. The molecule has 100 valence electrons. The number of sulfone groups is 1. The van der Waals surface area contributed by atoms with Crippen LogP contribution in [-0.4, -0.2) is 19.6 Å². The second kappa shape index (κ2) is 5.55. The first kappa shape index (κ1) is 13.8. The number of hydrogen-bond acceptors (Lipinski definition) is 3. The fourth-order valence-corrected chi connectivity index (χ4v) is 3.98. The lowest BCUT2D eigenvalue weighted by atomic mass is 10.1. The smallest absolute Gasteiger partial charge is 0.187 e. The van der Waals surface area contributed by atoms with Crippen molar-refractivity contribution < 1.29 is 13.5 Å². The third-order valence-electron chi connectivity index (χ3n) is 2.97. The first-order valence-electron chi connectivity index (χ1n) is 6.05. The third kappa shape index (κ3) is 2.85.